The van der Waals surface area contributed by atoms with Crippen molar-refractivity contribution in [3.63, 3.8) is 0 Å². The number of furan rings is 1. The van der Waals surface area contributed by atoms with Gasteiger partial charge < -0.3 is 19.1 Å². The zero-order chi connectivity index (χ0) is 42.3. The summed E-state index contributed by atoms with van der Waals surface area (Å²) in [5, 5.41) is 2.33. The highest BCUT2D eigenvalue weighted by Gasteiger charge is 2.62. The van der Waals surface area contributed by atoms with Crippen molar-refractivity contribution in [3.8, 4) is 0 Å². The van der Waals surface area contributed by atoms with Crippen LogP contribution in [0.15, 0.2) is 114 Å². The molecule has 0 spiro atoms. The van der Waals surface area contributed by atoms with E-state index in [0.717, 1.165) is 22.2 Å². The van der Waals surface area contributed by atoms with Crippen LogP contribution in [0, 0.1) is 6.92 Å². The van der Waals surface area contributed by atoms with Crippen molar-refractivity contribution in [2.45, 2.75) is 134 Å². The molecule has 4 nitrogen and oxygen atoms in total. The number of benzene rings is 6. The van der Waals surface area contributed by atoms with Crippen LogP contribution in [0.5, 0.6) is 0 Å². The van der Waals surface area contributed by atoms with Crippen LogP contribution in [0.2, 0.25) is 0 Å². The van der Waals surface area contributed by atoms with E-state index >= 15 is 0 Å². The maximum Gasteiger partial charge on any atom is 0.252 e. The third-order valence-electron chi connectivity index (χ3n) is 17.9. The van der Waals surface area contributed by atoms with Gasteiger partial charge in [0.2, 0.25) is 0 Å². The highest BCUT2D eigenvalue weighted by Crippen LogP contribution is 2.63. The molecule has 0 amide bonds. The lowest BCUT2D eigenvalue weighted by Crippen LogP contribution is -2.64. The van der Waals surface area contributed by atoms with Crippen molar-refractivity contribution < 1.29 is 4.42 Å². The molecular weight excluding hydrogens is 753 g/mol. The molecule has 6 aromatic carbocycles. The normalized spacial score (nSPS) is 26.6. The van der Waals surface area contributed by atoms with Crippen molar-refractivity contribution in [1.29, 1.82) is 0 Å². The van der Waals surface area contributed by atoms with Crippen LogP contribution in [0.25, 0.3) is 21.9 Å². The van der Waals surface area contributed by atoms with Crippen LogP contribution >= 0.6 is 0 Å². The zero-order valence-electron chi connectivity index (χ0n) is 37.9. The minimum Gasteiger partial charge on any atom is -0.456 e. The molecule has 1 aromatic heterocycles. The van der Waals surface area contributed by atoms with Gasteiger partial charge in [-0.15, -0.1) is 0 Å². The van der Waals surface area contributed by atoms with Gasteiger partial charge in [-0.05, 0) is 139 Å². The van der Waals surface area contributed by atoms with E-state index in [-0.39, 0.29) is 34.0 Å². The van der Waals surface area contributed by atoms with Gasteiger partial charge in [0, 0.05) is 67.5 Å². The Balaban J connectivity index is 1.09. The van der Waals surface area contributed by atoms with Gasteiger partial charge in [0.1, 0.15) is 11.2 Å². The molecule has 4 atom stereocenters. The van der Waals surface area contributed by atoms with Gasteiger partial charge in [0.05, 0.1) is 11.1 Å². The monoisotopic (exact) mass is 811 g/mol. The van der Waals surface area contributed by atoms with Crippen LogP contribution in [0.4, 0.5) is 39.8 Å². The first kappa shape index (κ1) is 37.2. The van der Waals surface area contributed by atoms with E-state index in [1.165, 1.54) is 124 Å². The standard InChI is InChI=1S/C57H58BN3O/c1-35-30-47-51-48(31-35)61-52-41(54(5)26-11-14-29-57(54,61)8)17-15-18-44(52)58(51)43-24-22-38(33-46(43)59(47)37-21-23-40-39-16-9-10-19-49(39)62-50(40)34-37)60-45-25-20-36(53(2,3)4)32-42(45)55(6)27-12-13-28-56(55,60)7/h9-10,15-25,30-34H,11-14,26-29H2,1-8H3. The molecule has 5 heterocycles. The number of fused-ring (bicyclic) bond motifs is 13. The summed E-state index contributed by atoms with van der Waals surface area (Å²) < 4.78 is 6.65. The number of nitrogens with zero attached hydrogens (tertiary/aromatic N) is 3. The van der Waals surface area contributed by atoms with Gasteiger partial charge in [-0.3, -0.25) is 0 Å². The molecule has 7 aromatic rings. The Hall–Kier alpha value is -5.42. The number of para-hydroxylation sites is 2. The van der Waals surface area contributed by atoms with Gasteiger partial charge in [-0.1, -0.05) is 115 Å². The Kier molecular flexibility index (Phi) is 7.18. The highest BCUT2D eigenvalue weighted by molar-refractivity contribution is 7.00. The maximum absolute atomic E-state index is 6.65. The van der Waals surface area contributed by atoms with Gasteiger partial charge in [-0.2, -0.15) is 0 Å². The fourth-order valence-corrected chi connectivity index (χ4v) is 14.3. The van der Waals surface area contributed by atoms with E-state index in [1.54, 1.807) is 5.56 Å². The molecule has 6 aliphatic rings. The summed E-state index contributed by atoms with van der Waals surface area (Å²) in [5.41, 5.74) is 21.4. The second kappa shape index (κ2) is 12.0. The number of hydrogen-bond donors (Lipinski definition) is 0. The fourth-order valence-electron chi connectivity index (χ4n) is 14.3. The molecule has 2 fully saturated rings. The lowest BCUT2D eigenvalue weighted by molar-refractivity contribution is 0.195. The highest BCUT2D eigenvalue weighted by atomic mass is 16.3. The third-order valence-corrected chi connectivity index (χ3v) is 17.9. The molecular formula is C57H58BN3O. The SMILES string of the molecule is Cc1cc2c3c(c1)N1c4c(cccc4C4(C)CCCCC14C)B3c1ccc(N3c4ccc(C(C)(C)C)cc4C4(C)CCCCC34C)cc1N2c1ccc2c(c1)oc1ccccc12. The quantitative estimate of drug-likeness (QED) is 0.162. The van der Waals surface area contributed by atoms with Crippen LogP contribution in [-0.2, 0) is 16.2 Å². The Bertz CT molecular complexity index is 3100. The maximum atomic E-state index is 6.65. The minimum atomic E-state index is -0.0561. The van der Waals surface area contributed by atoms with E-state index in [2.05, 4.69) is 179 Å². The second-order valence-electron chi connectivity index (χ2n) is 22.0. The van der Waals surface area contributed by atoms with Gasteiger partial charge in [0.15, 0.2) is 0 Å². The third kappa shape index (κ3) is 4.41. The average molecular weight is 812 g/mol. The van der Waals surface area contributed by atoms with Crippen LogP contribution in [0.1, 0.15) is 122 Å². The van der Waals surface area contributed by atoms with Crippen molar-refractivity contribution in [2.75, 3.05) is 14.7 Å². The lowest BCUT2D eigenvalue weighted by atomic mass is 9.33. The van der Waals surface area contributed by atoms with Crippen LogP contribution in [0.3, 0.4) is 0 Å². The summed E-state index contributed by atoms with van der Waals surface area (Å²) in [6, 6.07) is 42.8. The van der Waals surface area contributed by atoms with Gasteiger partial charge in [0.25, 0.3) is 6.71 Å². The van der Waals surface area contributed by atoms with Crippen molar-refractivity contribution in [2.24, 2.45) is 0 Å². The molecule has 0 saturated heterocycles. The van der Waals surface area contributed by atoms with Crippen molar-refractivity contribution in [3.05, 3.63) is 131 Å². The van der Waals surface area contributed by atoms with Crippen LogP contribution in [-0.4, -0.2) is 17.8 Å². The Morgan fingerprint density at radius 3 is 2.03 bits per heavy atom. The summed E-state index contributed by atoms with van der Waals surface area (Å²) in [5.74, 6) is 0. The second-order valence-corrected chi connectivity index (χ2v) is 22.0. The van der Waals surface area contributed by atoms with E-state index < -0.39 is 0 Å². The first-order chi connectivity index (χ1) is 29.7. The molecule has 62 heavy (non-hydrogen) atoms. The molecule has 0 bridgehead atoms. The van der Waals surface area contributed by atoms with E-state index in [0.29, 0.717) is 0 Å². The zero-order valence-corrected chi connectivity index (χ0v) is 37.9. The largest absolute Gasteiger partial charge is 0.456 e. The topological polar surface area (TPSA) is 22.9 Å². The predicted octanol–water partition coefficient (Wildman–Crippen LogP) is 13.3. The molecule has 13 rings (SSSR count). The van der Waals surface area contributed by atoms with Gasteiger partial charge >= 0.3 is 0 Å². The molecule has 4 unspecified atom stereocenters. The lowest BCUT2D eigenvalue weighted by Gasteiger charge is -2.53. The first-order valence-electron chi connectivity index (χ1n) is 23.6. The van der Waals surface area contributed by atoms with Crippen LogP contribution < -0.4 is 31.1 Å². The molecule has 4 aliphatic heterocycles. The average Bonchev–Trinajstić information content (AvgIpc) is 3.80. The van der Waals surface area contributed by atoms with Crippen molar-refractivity contribution >= 4 is 84.9 Å². The number of aryl methyl sites for hydroxylation is 1. The molecule has 5 heteroatoms. The van der Waals surface area contributed by atoms with E-state index in [1.807, 2.05) is 0 Å². The molecule has 0 N–H and O–H groups in total. The molecule has 0 radical (unpaired) electrons. The Labute approximate surface area is 368 Å². The molecule has 2 saturated carbocycles. The summed E-state index contributed by atoms with van der Waals surface area (Å²) in [6.07, 6.45) is 9.89. The molecule has 310 valence electrons. The number of hydrogen-bond acceptors (Lipinski definition) is 4. The summed E-state index contributed by atoms with van der Waals surface area (Å²) in [6.45, 7) is 19.8. The molecule has 2 aliphatic carbocycles. The number of anilines is 7. The fraction of sp³-hybridized carbons (Fsp3) is 0.368. The minimum absolute atomic E-state index is 0.00351. The number of rotatable bonds is 2. The predicted molar refractivity (Wildman–Crippen MR) is 262 cm³/mol. The van der Waals surface area contributed by atoms with Crippen molar-refractivity contribution in [1.82, 2.24) is 0 Å². The first-order valence-corrected chi connectivity index (χ1v) is 23.6. The Morgan fingerprint density at radius 2 is 1.24 bits per heavy atom. The van der Waals surface area contributed by atoms with E-state index in [9.17, 15) is 0 Å². The summed E-state index contributed by atoms with van der Waals surface area (Å²) in [7, 11) is 0. The summed E-state index contributed by atoms with van der Waals surface area (Å²) in [4.78, 5) is 8.24. The van der Waals surface area contributed by atoms with E-state index in [4.69, 9.17) is 4.42 Å². The van der Waals surface area contributed by atoms with Gasteiger partial charge in [-0.25, -0.2) is 0 Å². The Morgan fingerprint density at radius 1 is 0.548 bits per heavy atom. The smallest absolute Gasteiger partial charge is 0.252 e. The summed E-state index contributed by atoms with van der Waals surface area (Å²) >= 11 is 0.